The first-order chi connectivity index (χ1) is 3.27. The van der Waals surface area contributed by atoms with Gasteiger partial charge in [0, 0.05) is 0 Å². The minimum Gasteiger partial charge on any atom is -0.243 e. The number of hydrogen-bond donors (Lipinski definition) is 0. The van der Waals surface area contributed by atoms with Crippen LogP contribution in [0.25, 0.3) is 0 Å². The fraction of sp³-hybridized carbons (Fsp3) is 0.333. The van der Waals surface area contributed by atoms with Crippen LogP contribution in [0, 0.1) is 0 Å². The number of allylic oxidation sites excluding steroid dienone is 3. The van der Waals surface area contributed by atoms with Crippen molar-refractivity contribution < 1.29 is 4.39 Å². The molecule has 0 nitrogen and oxygen atoms in total. The molecule has 0 amide bonds. The molecule has 0 fully saturated rings. The molecule has 0 saturated carbocycles. The fourth-order valence-corrected chi connectivity index (χ4v) is 0.232. The first-order valence-corrected chi connectivity index (χ1v) is 2.20. The highest BCUT2D eigenvalue weighted by atomic mass is 19.1. The summed E-state index contributed by atoms with van der Waals surface area (Å²) in [5, 5.41) is 0. The molecule has 0 spiro atoms. The SMILES string of the molecule is C=C/C=C/C(C)F. The molecule has 0 saturated heterocycles. The molecule has 1 unspecified atom stereocenters. The summed E-state index contributed by atoms with van der Waals surface area (Å²) in [4.78, 5) is 0. The van der Waals surface area contributed by atoms with E-state index in [9.17, 15) is 4.39 Å². The molecule has 7 heavy (non-hydrogen) atoms. The largest absolute Gasteiger partial charge is 0.243 e. The maximum atomic E-state index is 11.8. The van der Waals surface area contributed by atoms with E-state index in [0.29, 0.717) is 0 Å². The molecule has 0 aliphatic heterocycles. The van der Waals surface area contributed by atoms with E-state index in [1.54, 1.807) is 12.2 Å². The van der Waals surface area contributed by atoms with Crippen molar-refractivity contribution in [1.82, 2.24) is 0 Å². The summed E-state index contributed by atoms with van der Waals surface area (Å²) in [7, 11) is 0. The zero-order chi connectivity index (χ0) is 5.70. The minimum atomic E-state index is -0.849. The molecule has 1 atom stereocenters. The van der Waals surface area contributed by atoms with Gasteiger partial charge in [-0.05, 0) is 6.92 Å². The van der Waals surface area contributed by atoms with Crippen LogP contribution in [0.5, 0.6) is 0 Å². The van der Waals surface area contributed by atoms with E-state index in [2.05, 4.69) is 6.58 Å². The average Bonchev–Trinajstić information content (AvgIpc) is 1.61. The molecule has 40 valence electrons. The zero-order valence-electron chi connectivity index (χ0n) is 4.39. The normalized spacial score (nSPS) is 14.6. The second kappa shape index (κ2) is 3.59. The van der Waals surface area contributed by atoms with Gasteiger partial charge in [0.2, 0.25) is 0 Å². The van der Waals surface area contributed by atoms with Crippen LogP contribution in [0.2, 0.25) is 0 Å². The smallest absolute Gasteiger partial charge is 0.116 e. The molecule has 0 aliphatic carbocycles. The van der Waals surface area contributed by atoms with E-state index >= 15 is 0 Å². The van der Waals surface area contributed by atoms with Crippen molar-refractivity contribution in [2.75, 3.05) is 0 Å². The summed E-state index contributed by atoms with van der Waals surface area (Å²) in [5.41, 5.74) is 0. The van der Waals surface area contributed by atoms with Crippen LogP contribution in [0.3, 0.4) is 0 Å². The van der Waals surface area contributed by atoms with Crippen LogP contribution < -0.4 is 0 Å². The highest BCUT2D eigenvalue weighted by Crippen LogP contribution is 1.88. The van der Waals surface area contributed by atoms with Gasteiger partial charge in [-0.2, -0.15) is 0 Å². The van der Waals surface area contributed by atoms with Gasteiger partial charge in [-0.3, -0.25) is 0 Å². The van der Waals surface area contributed by atoms with Crippen LogP contribution in [0.1, 0.15) is 6.92 Å². The van der Waals surface area contributed by atoms with Crippen molar-refractivity contribution in [2.45, 2.75) is 13.1 Å². The van der Waals surface area contributed by atoms with Gasteiger partial charge < -0.3 is 0 Å². The summed E-state index contributed by atoms with van der Waals surface area (Å²) in [5.74, 6) is 0. The Labute approximate surface area is 43.4 Å². The fourth-order valence-electron chi connectivity index (χ4n) is 0.232. The predicted molar refractivity (Wildman–Crippen MR) is 29.9 cm³/mol. The molecule has 0 aromatic carbocycles. The lowest BCUT2D eigenvalue weighted by atomic mass is 10.4. The third-order valence-corrected chi connectivity index (χ3v) is 0.512. The molecule has 0 radical (unpaired) electrons. The zero-order valence-corrected chi connectivity index (χ0v) is 4.39. The van der Waals surface area contributed by atoms with Gasteiger partial charge in [-0.15, -0.1) is 0 Å². The van der Waals surface area contributed by atoms with Gasteiger partial charge in [-0.1, -0.05) is 24.8 Å². The Hall–Kier alpha value is -0.590. The van der Waals surface area contributed by atoms with Crippen molar-refractivity contribution in [3.05, 3.63) is 24.8 Å². The summed E-state index contributed by atoms with van der Waals surface area (Å²) in [6.45, 7) is 4.85. The first-order valence-electron chi connectivity index (χ1n) is 2.20. The van der Waals surface area contributed by atoms with Gasteiger partial charge in [0.05, 0.1) is 0 Å². The quantitative estimate of drug-likeness (QED) is 0.466. The third kappa shape index (κ3) is 5.41. The maximum Gasteiger partial charge on any atom is 0.116 e. The second-order valence-corrected chi connectivity index (χ2v) is 1.30. The number of hydrogen-bond acceptors (Lipinski definition) is 0. The molecule has 0 aromatic rings. The summed E-state index contributed by atoms with van der Waals surface area (Å²) in [6.07, 6.45) is 3.73. The van der Waals surface area contributed by atoms with Crippen LogP contribution in [0.15, 0.2) is 24.8 Å². The molecular formula is C6H9F. The van der Waals surface area contributed by atoms with Gasteiger partial charge in [0.1, 0.15) is 6.17 Å². The Kier molecular flexibility index (Phi) is 3.29. The van der Waals surface area contributed by atoms with Gasteiger partial charge in [0.25, 0.3) is 0 Å². The lowest BCUT2D eigenvalue weighted by molar-refractivity contribution is 0.430. The highest BCUT2D eigenvalue weighted by molar-refractivity contribution is 4.99. The monoisotopic (exact) mass is 100 g/mol. The van der Waals surface area contributed by atoms with E-state index in [1.165, 1.54) is 13.0 Å². The Bertz CT molecular complexity index is 72.2. The van der Waals surface area contributed by atoms with E-state index in [-0.39, 0.29) is 0 Å². The van der Waals surface area contributed by atoms with Crippen molar-refractivity contribution in [3.8, 4) is 0 Å². The number of alkyl halides is 1. The van der Waals surface area contributed by atoms with Crippen LogP contribution in [-0.2, 0) is 0 Å². The standard InChI is InChI=1S/C6H9F/c1-3-4-5-6(2)7/h3-6H,1H2,2H3/b5-4+. The van der Waals surface area contributed by atoms with Crippen LogP contribution >= 0.6 is 0 Å². The minimum absolute atomic E-state index is 0.849. The predicted octanol–water partition coefficient (Wildman–Crippen LogP) is 2.09. The van der Waals surface area contributed by atoms with Gasteiger partial charge in [-0.25, -0.2) is 4.39 Å². The molecule has 0 rings (SSSR count). The molecule has 0 aliphatic rings. The van der Waals surface area contributed by atoms with Crippen molar-refractivity contribution in [1.29, 1.82) is 0 Å². The third-order valence-electron chi connectivity index (χ3n) is 0.512. The number of rotatable bonds is 2. The number of halogens is 1. The lowest BCUT2D eigenvalue weighted by Gasteiger charge is -1.83. The molecule has 1 heteroatoms. The van der Waals surface area contributed by atoms with Gasteiger partial charge in [0.15, 0.2) is 0 Å². The Morgan fingerprint density at radius 2 is 2.29 bits per heavy atom. The average molecular weight is 100 g/mol. The molecular weight excluding hydrogens is 91.1 g/mol. The Morgan fingerprint density at radius 3 is 2.43 bits per heavy atom. The van der Waals surface area contributed by atoms with Crippen molar-refractivity contribution in [3.63, 3.8) is 0 Å². The van der Waals surface area contributed by atoms with Gasteiger partial charge >= 0.3 is 0 Å². The van der Waals surface area contributed by atoms with E-state index < -0.39 is 6.17 Å². The van der Waals surface area contributed by atoms with Crippen molar-refractivity contribution >= 4 is 0 Å². The van der Waals surface area contributed by atoms with E-state index in [0.717, 1.165) is 0 Å². The highest BCUT2D eigenvalue weighted by Gasteiger charge is 1.82. The molecule has 0 bridgehead atoms. The summed E-state index contributed by atoms with van der Waals surface area (Å²) < 4.78 is 11.8. The Balaban J connectivity index is 3.25. The Morgan fingerprint density at radius 1 is 1.71 bits per heavy atom. The maximum absolute atomic E-state index is 11.8. The first kappa shape index (κ1) is 6.41. The second-order valence-electron chi connectivity index (χ2n) is 1.30. The van der Waals surface area contributed by atoms with E-state index in [1.807, 2.05) is 0 Å². The topological polar surface area (TPSA) is 0 Å². The van der Waals surface area contributed by atoms with E-state index in [4.69, 9.17) is 0 Å². The summed E-state index contributed by atoms with van der Waals surface area (Å²) >= 11 is 0. The van der Waals surface area contributed by atoms with Crippen LogP contribution in [-0.4, -0.2) is 6.17 Å². The van der Waals surface area contributed by atoms with Crippen LogP contribution in [0.4, 0.5) is 4.39 Å². The lowest BCUT2D eigenvalue weighted by Crippen LogP contribution is -1.80. The molecule has 0 heterocycles. The van der Waals surface area contributed by atoms with Crippen molar-refractivity contribution in [2.24, 2.45) is 0 Å². The molecule has 0 aromatic heterocycles. The summed E-state index contributed by atoms with van der Waals surface area (Å²) in [6, 6.07) is 0. The molecule has 0 N–H and O–H groups in total.